The van der Waals surface area contributed by atoms with Gasteiger partial charge in [-0.1, -0.05) is 43.3 Å². The first-order chi connectivity index (χ1) is 14.6. The Kier molecular flexibility index (Phi) is 7.36. The van der Waals surface area contributed by atoms with Crippen molar-refractivity contribution in [2.24, 2.45) is 0 Å². The van der Waals surface area contributed by atoms with Gasteiger partial charge in [-0.3, -0.25) is 4.90 Å². The molecule has 160 valence electrons. The van der Waals surface area contributed by atoms with E-state index in [9.17, 15) is 0 Å². The lowest BCUT2D eigenvalue weighted by atomic mass is 10.1. The highest BCUT2D eigenvalue weighted by Crippen LogP contribution is 2.31. The largest absolute Gasteiger partial charge is 0.493 e. The van der Waals surface area contributed by atoms with Crippen LogP contribution in [-0.2, 0) is 6.42 Å². The minimum absolute atomic E-state index is 0.0995. The van der Waals surface area contributed by atoms with E-state index in [1.54, 1.807) is 14.2 Å². The topological polar surface area (TPSA) is 57.0 Å². The molecule has 6 heteroatoms. The fraction of sp³-hybridized carbons (Fsp3) is 0.375. The summed E-state index contributed by atoms with van der Waals surface area (Å²) in [6.07, 6.45) is 1.59. The maximum absolute atomic E-state index is 6.20. The van der Waals surface area contributed by atoms with E-state index in [4.69, 9.17) is 18.7 Å². The summed E-state index contributed by atoms with van der Waals surface area (Å²) in [6, 6.07) is 16.0. The van der Waals surface area contributed by atoms with E-state index in [-0.39, 0.29) is 6.23 Å². The van der Waals surface area contributed by atoms with Gasteiger partial charge in [-0.2, -0.15) is 0 Å². The predicted octanol–water partition coefficient (Wildman–Crippen LogP) is 4.96. The average molecular weight is 411 g/mol. The number of hydrogen-bond donors (Lipinski definition) is 0. The standard InChI is InChI=1S/C24H30N2O4/c1-6-22(26(3)15-14-18-12-13-20(27-4)21(16-18)28-5)29-24-17(2)23(30-25-24)19-10-8-7-9-11-19/h7-13,16,22H,6,14-15H2,1-5H3. The smallest absolute Gasteiger partial charge is 0.259 e. The van der Waals surface area contributed by atoms with Crippen LogP contribution >= 0.6 is 0 Å². The van der Waals surface area contributed by atoms with Crippen LogP contribution in [0.2, 0.25) is 0 Å². The SMILES string of the molecule is CCC(Oc1noc(-c2ccccc2)c1C)N(C)CCc1ccc(OC)c(OC)c1. The molecular weight excluding hydrogens is 380 g/mol. The Labute approximate surface area is 178 Å². The quantitative estimate of drug-likeness (QED) is 0.441. The summed E-state index contributed by atoms with van der Waals surface area (Å²) >= 11 is 0. The molecule has 1 atom stereocenters. The molecule has 1 unspecified atom stereocenters. The number of rotatable bonds is 10. The molecule has 0 saturated heterocycles. The molecule has 30 heavy (non-hydrogen) atoms. The van der Waals surface area contributed by atoms with Gasteiger partial charge < -0.3 is 18.7 Å². The molecule has 0 bridgehead atoms. The summed E-state index contributed by atoms with van der Waals surface area (Å²) in [6.45, 7) is 4.91. The van der Waals surface area contributed by atoms with Gasteiger partial charge in [0.05, 0.1) is 19.8 Å². The van der Waals surface area contributed by atoms with Crippen LogP contribution in [0.5, 0.6) is 17.4 Å². The number of aromatic nitrogens is 1. The van der Waals surface area contributed by atoms with E-state index in [1.165, 1.54) is 5.56 Å². The maximum Gasteiger partial charge on any atom is 0.259 e. The monoisotopic (exact) mass is 410 g/mol. The summed E-state index contributed by atoms with van der Waals surface area (Å²) in [5.74, 6) is 2.76. The first-order valence-corrected chi connectivity index (χ1v) is 10.2. The first-order valence-electron chi connectivity index (χ1n) is 10.2. The molecule has 0 aliphatic carbocycles. The van der Waals surface area contributed by atoms with Crippen molar-refractivity contribution >= 4 is 0 Å². The molecule has 0 aliphatic heterocycles. The number of methoxy groups -OCH3 is 2. The van der Waals surface area contributed by atoms with E-state index in [0.717, 1.165) is 47.8 Å². The maximum atomic E-state index is 6.20. The fourth-order valence-electron chi connectivity index (χ4n) is 3.39. The van der Waals surface area contributed by atoms with Gasteiger partial charge in [0.1, 0.15) is 0 Å². The van der Waals surface area contributed by atoms with Crippen LogP contribution in [0.3, 0.4) is 0 Å². The van der Waals surface area contributed by atoms with Crippen molar-refractivity contribution < 1.29 is 18.7 Å². The Bertz CT molecular complexity index is 940. The third kappa shape index (κ3) is 4.94. The van der Waals surface area contributed by atoms with Crippen molar-refractivity contribution in [2.45, 2.75) is 32.9 Å². The minimum Gasteiger partial charge on any atom is -0.493 e. The van der Waals surface area contributed by atoms with E-state index in [1.807, 2.05) is 49.4 Å². The predicted molar refractivity (Wildman–Crippen MR) is 117 cm³/mol. The van der Waals surface area contributed by atoms with Gasteiger partial charge in [0.15, 0.2) is 23.5 Å². The molecule has 3 aromatic rings. The Balaban J connectivity index is 1.64. The Morgan fingerprint density at radius 1 is 1.03 bits per heavy atom. The molecule has 0 amide bonds. The van der Waals surface area contributed by atoms with E-state index < -0.39 is 0 Å². The molecule has 6 nitrogen and oxygen atoms in total. The summed E-state index contributed by atoms with van der Waals surface area (Å²) in [4.78, 5) is 2.19. The van der Waals surface area contributed by atoms with E-state index in [0.29, 0.717) is 5.88 Å². The summed E-state index contributed by atoms with van der Waals surface area (Å²) in [5.41, 5.74) is 3.08. The van der Waals surface area contributed by atoms with Gasteiger partial charge >= 0.3 is 0 Å². The van der Waals surface area contributed by atoms with Crippen LogP contribution in [-0.4, -0.2) is 44.1 Å². The van der Waals surface area contributed by atoms with Gasteiger partial charge in [-0.25, -0.2) is 0 Å². The van der Waals surface area contributed by atoms with Crippen molar-refractivity contribution in [2.75, 3.05) is 27.8 Å². The average Bonchev–Trinajstić information content (AvgIpc) is 3.16. The van der Waals surface area contributed by atoms with Crippen molar-refractivity contribution in [3.05, 3.63) is 59.7 Å². The number of benzene rings is 2. The zero-order valence-electron chi connectivity index (χ0n) is 18.3. The van der Waals surface area contributed by atoms with Gasteiger partial charge in [0.2, 0.25) is 0 Å². The third-order valence-electron chi connectivity index (χ3n) is 5.21. The molecule has 0 aliphatic rings. The number of nitrogens with zero attached hydrogens (tertiary/aromatic N) is 2. The highest BCUT2D eigenvalue weighted by molar-refractivity contribution is 5.62. The second-order valence-electron chi connectivity index (χ2n) is 7.21. The molecule has 1 heterocycles. The number of likely N-dealkylation sites (N-methyl/N-ethyl adjacent to an activating group) is 1. The molecule has 0 spiro atoms. The Morgan fingerprint density at radius 2 is 1.77 bits per heavy atom. The van der Waals surface area contributed by atoms with Gasteiger partial charge in [-0.05, 0) is 49.7 Å². The van der Waals surface area contributed by atoms with Crippen LogP contribution in [0.15, 0.2) is 53.1 Å². The molecule has 0 fully saturated rings. The molecule has 2 aromatic carbocycles. The van der Waals surface area contributed by atoms with Crippen LogP contribution in [0.1, 0.15) is 24.5 Å². The van der Waals surface area contributed by atoms with Gasteiger partial charge in [-0.15, -0.1) is 0 Å². The lowest BCUT2D eigenvalue weighted by Crippen LogP contribution is -2.37. The summed E-state index contributed by atoms with van der Waals surface area (Å²) < 4.78 is 22.5. The molecule has 0 saturated carbocycles. The van der Waals surface area contributed by atoms with Crippen molar-refractivity contribution in [1.82, 2.24) is 10.1 Å². The molecule has 3 rings (SSSR count). The van der Waals surface area contributed by atoms with Crippen LogP contribution < -0.4 is 14.2 Å². The highest BCUT2D eigenvalue weighted by atomic mass is 16.6. The van der Waals surface area contributed by atoms with Crippen molar-refractivity contribution in [3.63, 3.8) is 0 Å². The summed E-state index contributed by atoms with van der Waals surface area (Å²) in [7, 11) is 5.35. The first kappa shape index (κ1) is 21.7. The molecule has 0 radical (unpaired) electrons. The lowest BCUT2D eigenvalue weighted by Gasteiger charge is -2.27. The number of hydrogen-bond acceptors (Lipinski definition) is 6. The number of ether oxygens (including phenoxy) is 3. The Morgan fingerprint density at radius 3 is 2.43 bits per heavy atom. The highest BCUT2D eigenvalue weighted by Gasteiger charge is 2.21. The van der Waals surface area contributed by atoms with E-state index >= 15 is 0 Å². The normalized spacial score (nSPS) is 12.1. The second-order valence-corrected chi connectivity index (χ2v) is 7.21. The molecular formula is C24H30N2O4. The van der Waals surface area contributed by atoms with Gasteiger partial charge in [0.25, 0.3) is 5.88 Å². The van der Waals surface area contributed by atoms with Crippen molar-refractivity contribution in [1.29, 1.82) is 0 Å². The fourth-order valence-corrected chi connectivity index (χ4v) is 3.39. The second kappa shape index (κ2) is 10.2. The zero-order chi connectivity index (χ0) is 21.5. The van der Waals surface area contributed by atoms with Gasteiger partial charge in [0, 0.05) is 12.1 Å². The van der Waals surface area contributed by atoms with Crippen LogP contribution in [0.25, 0.3) is 11.3 Å². The van der Waals surface area contributed by atoms with E-state index in [2.05, 4.69) is 30.1 Å². The molecule has 1 aromatic heterocycles. The summed E-state index contributed by atoms with van der Waals surface area (Å²) in [5, 5.41) is 4.17. The van der Waals surface area contributed by atoms with Crippen LogP contribution in [0.4, 0.5) is 0 Å². The third-order valence-corrected chi connectivity index (χ3v) is 5.21. The minimum atomic E-state index is -0.0995. The lowest BCUT2D eigenvalue weighted by molar-refractivity contribution is 0.0356. The van der Waals surface area contributed by atoms with Crippen LogP contribution in [0, 0.1) is 6.92 Å². The molecule has 0 N–H and O–H groups in total. The zero-order valence-corrected chi connectivity index (χ0v) is 18.3. The van der Waals surface area contributed by atoms with Crippen molar-refractivity contribution in [3.8, 4) is 28.7 Å². The Hall–Kier alpha value is -2.99.